The zero-order chi connectivity index (χ0) is 15.2. The molecule has 2 rings (SSSR count). The van der Waals surface area contributed by atoms with Crippen LogP contribution in [-0.4, -0.2) is 22.4 Å². The van der Waals surface area contributed by atoms with E-state index in [1.165, 1.54) is 24.3 Å². The maximum Gasteiger partial charge on any atom is 0.274 e. The standard InChI is InChI=1S/C14H14N4O3/c1-2-15-13-5-3-4-12(17-13)14(19)16-10-6-8-11(9-7-10)18(20)21/h3-9H,2H2,1H3,(H,15,17)(H,16,19). The zero-order valence-electron chi connectivity index (χ0n) is 11.4. The molecular weight excluding hydrogens is 272 g/mol. The lowest BCUT2D eigenvalue weighted by Gasteiger charge is -2.06. The van der Waals surface area contributed by atoms with E-state index in [-0.39, 0.29) is 17.3 Å². The summed E-state index contributed by atoms with van der Waals surface area (Å²) in [5.74, 6) is 0.248. The number of nitro benzene ring substituents is 1. The first-order chi connectivity index (χ1) is 10.1. The van der Waals surface area contributed by atoms with E-state index in [2.05, 4.69) is 15.6 Å². The number of nitrogens with one attached hydrogen (secondary N) is 2. The third kappa shape index (κ3) is 3.75. The lowest BCUT2D eigenvalue weighted by Crippen LogP contribution is -2.14. The molecule has 7 nitrogen and oxygen atoms in total. The van der Waals surface area contributed by atoms with E-state index in [9.17, 15) is 14.9 Å². The van der Waals surface area contributed by atoms with Crippen LogP contribution in [0.3, 0.4) is 0 Å². The first-order valence-corrected chi connectivity index (χ1v) is 6.37. The Balaban J connectivity index is 2.10. The van der Waals surface area contributed by atoms with Gasteiger partial charge in [0.2, 0.25) is 0 Å². The predicted molar refractivity (Wildman–Crippen MR) is 79.5 cm³/mol. The third-order valence-electron chi connectivity index (χ3n) is 2.68. The number of hydrogen-bond donors (Lipinski definition) is 2. The minimum atomic E-state index is -0.493. The molecule has 2 aromatic rings. The highest BCUT2D eigenvalue weighted by Crippen LogP contribution is 2.16. The second kappa shape index (κ2) is 6.47. The fourth-order valence-electron chi connectivity index (χ4n) is 1.70. The number of carbonyl (C=O) groups excluding carboxylic acids is 1. The summed E-state index contributed by atoms with van der Waals surface area (Å²) in [6.07, 6.45) is 0. The molecule has 0 saturated heterocycles. The number of rotatable bonds is 5. The van der Waals surface area contributed by atoms with Crippen LogP contribution in [0.4, 0.5) is 17.2 Å². The van der Waals surface area contributed by atoms with Crippen LogP contribution < -0.4 is 10.6 Å². The smallest absolute Gasteiger partial charge is 0.274 e. The maximum atomic E-state index is 12.1. The lowest BCUT2D eigenvalue weighted by atomic mass is 10.2. The zero-order valence-corrected chi connectivity index (χ0v) is 11.4. The van der Waals surface area contributed by atoms with Crippen molar-refractivity contribution in [2.45, 2.75) is 6.92 Å². The maximum absolute atomic E-state index is 12.1. The average Bonchev–Trinajstić information content (AvgIpc) is 2.48. The van der Waals surface area contributed by atoms with E-state index in [0.717, 1.165) is 0 Å². The van der Waals surface area contributed by atoms with Crippen molar-refractivity contribution in [1.29, 1.82) is 0 Å². The van der Waals surface area contributed by atoms with Gasteiger partial charge in [-0.15, -0.1) is 0 Å². The van der Waals surface area contributed by atoms with Gasteiger partial charge in [-0.2, -0.15) is 0 Å². The molecule has 2 N–H and O–H groups in total. The Morgan fingerprint density at radius 1 is 1.24 bits per heavy atom. The van der Waals surface area contributed by atoms with Crippen molar-refractivity contribution in [3.63, 3.8) is 0 Å². The van der Waals surface area contributed by atoms with Gasteiger partial charge in [-0.25, -0.2) is 4.98 Å². The molecule has 1 aromatic carbocycles. The molecule has 0 unspecified atom stereocenters. The Morgan fingerprint density at radius 3 is 2.57 bits per heavy atom. The van der Waals surface area contributed by atoms with Gasteiger partial charge < -0.3 is 10.6 Å². The highest BCUT2D eigenvalue weighted by Gasteiger charge is 2.10. The molecule has 0 radical (unpaired) electrons. The van der Waals surface area contributed by atoms with Crippen LogP contribution in [0.25, 0.3) is 0 Å². The van der Waals surface area contributed by atoms with Crippen molar-refractivity contribution >= 4 is 23.1 Å². The van der Waals surface area contributed by atoms with E-state index < -0.39 is 4.92 Å². The number of nitro groups is 1. The second-order valence-corrected chi connectivity index (χ2v) is 4.20. The van der Waals surface area contributed by atoms with Crippen LogP contribution in [-0.2, 0) is 0 Å². The van der Waals surface area contributed by atoms with Gasteiger partial charge in [0.1, 0.15) is 11.5 Å². The molecule has 0 aliphatic carbocycles. The van der Waals surface area contributed by atoms with Crippen molar-refractivity contribution in [1.82, 2.24) is 4.98 Å². The Labute approximate surface area is 121 Å². The summed E-state index contributed by atoms with van der Waals surface area (Å²) in [4.78, 5) is 26.3. The van der Waals surface area contributed by atoms with Gasteiger partial charge in [0.15, 0.2) is 0 Å². The Hall–Kier alpha value is -2.96. The summed E-state index contributed by atoms with van der Waals surface area (Å²) in [6, 6.07) is 10.7. The van der Waals surface area contributed by atoms with Crippen LogP contribution in [0.2, 0.25) is 0 Å². The number of amides is 1. The summed E-state index contributed by atoms with van der Waals surface area (Å²) < 4.78 is 0. The van der Waals surface area contributed by atoms with Gasteiger partial charge in [0.05, 0.1) is 4.92 Å². The normalized spacial score (nSPS) is 9.95. The first-order valence-electron chi connectivity index (χ1n) is 6.37. The topological polar surface area (TPSA) is 97.2 Å². The van der Waals surface area contributed by atoms with Gasteiger partial charge >= 0.3 is 0 Å². The number of nitrogens with zero attached hydrogens (tertiary/aromatic N) is 2. The largest absolute Gasteiger partial charge is 0.370 e. The van der Waals surface area contributed by atoms with E-state index >= 15 is 0 Å². The molecule has 1 aromatic heterocycles. The molecule has 7 heteroatoms. The first kappa shape index (κ1) is 14.4. The molecule has 0 bridgehead atoms. The number of anilines is 2. The van der Waals surface area contributed by atoms with Gasteiger partial charge in [-0.3, -0.25) is 14.9 Å². The number of carbonyl (C=O) groups is 1. The van der Waals surface area contributed by atoms with Crippen LogP contribution >= 0.6 is 0 Å². The molecule has 0 aliphatic heterocycles. The van der Waals surface area contributed by atoms with E-state index in [0.29, 0.717) is 18.1 Å². The lowest BCUT2D eigenvalue weighted by molar-refractivity contribution is -0.384. The molecule has 1 amide bonds. The number of aromatic nitrogens is 1. The molecule has 1 heterocycles. The molecule has 0 spiro atoms. The van der Waals surface area contributed by atoms with Crippen LogP contribution in [0, 0.1) is 10.1 Å². The van der Waals surface area contributed by atoms with Gasteiger partial charge in [-0.1, -0.05) is 6.07 Å². The molecule has 0 saturated carbocycles. The summed E-state index contributed by atoms with van der Waals surface area (Å²) in [7, 11) is 0. The van der Waals surface area contributed by atoms with Crippen molar-refractivity contribution in [3.05, 3.63) is 58.3 Å². The summed E-state index contributed by atoms with van der Waals surface area (Å²) >= 11 is 0. The van der Waals surface area contributed by atoms with Gasteiger partial charge in [0, 0.05) is 24.4 Å². The van der Waals surface area contributed by atoms with E-state index in [1.54, 1.807) is 18.2 Å². The third-order valence-corrected chi connectivity index (χ3v) is 2.68. The van der Waals surface area contributed by atoms with Crippen molar-refractivity contribution in [2.24, 2.45) is 0 Å². The average molecular weight is 286 g/mol. The van der Waals surface area contributed by atoms with Crippen molar-refractivity contribution < 1.29 is 9.72 Å². The van der Waals surface area contributed by atoms with E-state index in [4.69, 9.17) is 0 Å². The number of benzene rings is 1. The Morgan fingerprint density at radius 2 is 1.95 bits per heavy atom. The molecule has 0 fully saturated rings. The molecule has 108 valence electrons. The number of non-ortho nitro benzene ring substituents is 1. The van der Waals surface area contributed by atoms with Crippen LogP contribution in [0.15, 0.2) is 42.5 Å². The van der Waals surface area contributed by atoms with Gasteiger partial charge in [0.25, 0.3) is 11.6 Å². The van der Waals surface area contributed by atoms with E-state index in [1.807, 2.05) is 6.92 Å². The summed E-state index contributed by atoms with van der Waals surface area (Å²) in [6.45, 7) is 2.64. The highest BCUT2D eigenvalue weighted by atomic mass is 16.6. The monoisotopic (exact) mass is 286 g/mol. The van der Waals surface area contributed by atoms with Crippen molar-refractivity contribution in [3.8, 4) is 0 Å². The molecule has 21 heavy (non-hydrogen) atoms. The quantitative estimate of drug-likeness (QED) is 0.650. The van der Waals surface area contributed by atoms with Crippen LogP contribution in [0.1, 0.15) is 17.4 Å². The SMILES string of the molecule is CCNc1cccc(C(=O)Nc2ccc([N+](=O)[O-])cc2)n1. The predicted octanol–water partition coefficient (Wildman–Crippen LogP) is 2.67. The Bertz CT molecular complexity index is 656. The molecule has 0 atom stereocenters. The number of hydrogen-bond acceptors (Lipinski definition) is 5. The fourth-order valence-corrected chi connectivity index (χ4v) is 1.70. The highest BCUT2D eigenvalue weighted by molar-refractivity contribution is 6.03. The van der Waals surface area contributed by atoms with Crippen LogP contribution in [0.5, 0.6) is 0 Å². The molecular formula is C14H14N4O3. The summed E-state index contributed by atoms with van der Waals surface area (Å²) in [5.41, 5.74) is 0.716. The minimum Gasteiger partial charge on any atom is -0.370 e. The minimum absolute atomic E-state index is 0.0275. The Kier molecular flexibility index (Phi) is 4.45. The fraction of sp³-hybridized carbons (Fsp3) is 0.143. The molecule has 0 aliphatic rings. The second-order valence-electron chi connectivity index (χ2n) is 4.20. The van der Waals surface area contributed by atoms with Crippen molar-refractivity contribution in [2.75, 3.05) is 17.2 Å². The summed E-state index contributed by atoms with van der Waals surface area (Å²) in [5, 5.41) is 16.2. The number of pyridine rings is 1. The van der Waals surface area contributed by atoms with Gasteiger partial charge in [-0.05, 0) is 31.2 Å².